The summed E-state index contributed by atoms with van der Waals surface area (Å²) in [5.41, 5.74) is 0. The van der Waals surface area contributed by atoms with Gasteiger partial charge in [0, 0.05) is 12.5 Å². The third kappa shape index (κ3) is 1.86. The van der Waals surface area contributed by atoms with Gasteiger partial charge < -0.3 is 4.57 Å². The van der Waals surface area contributed by atoms with Crippen LogP contribution in [0.15, 0.2) is 0 Å². The lowest BCUT2D eigenvalue weighted by Gasteiger charge is -2.34. The number of aromatic nitrogens is 3. The Labute approximate surface area is 97.7 Å². The Morgan fingerprint density at radius 2 is 1.88 bits per heavy atom. The van der Waals surface area contributed by atoms with Crippen molar-refractivity contribution in [1.82, 2.24) is 19.7 Å². The van der Waals surface area contributed by atoms with Gasteiger partial charge in [-0.3, -0.25) is 4.90 Å². The van der Waals surface area contributed by atoms with Crippen LogP contribution in [-0.2, 0) is 6.54 Å². The molecule has 0 amide bonds. The molecule has 0 N–H and O–H groups in total. The lowest BCUT2D eigenvalue weighted by Crippen LogP contribution is -2.38. The zero-order valence-electron chi connectivity index (χ0n) is 10.9. The number of fused-ring (bicyclic) bond motifs is 1. The highest BCUT2D eigenvalue weighted by Gasteiger charge is 2.29. The Kier molecular flexibility index (Phi) is 3.02. The minimum Gasteiger partial charge on any atom is -0.309 e. The van der Waals surface area contributed by atoms with E-state index >= 15 is 0 Å². The first kappa shape index (κ1) is 11.6. The summed E-state index contributed by atoms with van der Waals surface area (Å²) < 4.78 is 2.37. The summed E-state index contributed by atoms with van der Waals surface area (Å²) in [6.45, 7) is 10.9. The van der Waals surface area contributed by atoms with E-state index in [0.717, 1.165) is 24.7 Å². The fourth-order valence-corrected chi connectivity index (χ4v) is 2.42. The summed E-state index contributed by atoms with van der Waals surface area (Å²) in [6.07, 6.45) is 0. The summed E-state index contributed by atoms with van der Waals surface area (Å²) in [5.74, 6) is 3.33. The van der Waals surface area contributed by atoms with Gasteiger partial charge in [-0.25, -0.2) is 0 Å². The summed E-state index contributed by atoms with van der Waals surface area (Å²) in [5, 5.41) is 8.68. The molecule has 1 unspecified atom stereocenters. The van der Waals surface area contributed by atoms with Crippen molar-refractivity contribution < 1.29 is 0 Å². The first-order valence-electron chi connectivity index (χ1n) is 6.13. The Bertz CT molecular complexity index is 367. The lowest BCUT2D eigenvalue weighted by molar-refractivity contribution is 0.181. The quantitative estimate of drug-likeness (QED) is 0.768. The van der Waals surface area contributed by atoms with Crippen molar-refractivity contribution in [3.8, 4) is 0 Å². The van der Waals surface area contributed by atoms with Crippen molar-refractivity contribution in [2.45, 2.75) is 46.2 Å². The Hall–Kier alpha value is -0.900. The highest BCUT2D eigenvalue weighted by Crippen LogP contribution is 2.29. The highest BCUT2D eigenvalue weighted by molar-refractivity contribution is 5.06. The van der Waals surface area contributed by atoms with Crippen LogP contribution in [0.25, 0.3) is 0 Å². The molecule has 1 aliphatic rings. The molecule has 0 bridgehead atoms. The van der Waals surface area contributed by atoms with Crippen molar-refractivity contribution in [3.05, 3.63) is 11.6 Å². The van der Waals surface area contributed by atoms with Crippen molar-refractivity contribution >= 4 is 0 Å². The largest absolute Gasteiger partial charge is 0.309 e. The van der Waals surface area contributed by atoms with E-state index in [4.69, 9.17) is 0 Å². The smallest absolute Gasteiger partial charge is 0.147 e. The number of likely N-dealkylation sites (N-methyl/N-ethyl adjacent to an activating group) is 1. The molecular formula is C12H22N4. The van der Waals surface area contributed by atoms with E-state index in [1.165, 1.54) is 0 Å². The van der Waals surface area contributed by atoms with Gasteiger partial charge in [0.15, 0.2) is 0 Å². The summed E-state index contributed by atoms with van der Waals surface area (Å²) in [4.78, 5) is 2.33. The van der Waals surface area contributed by atoms with Crippen LogP contribution in [0.5, 0.6) is 0 Å². The Morgan fingerprint density at radius 3 is 2.44 bits per heavy atom. The monoisotopic (exact) mass is 222 g/mol. The Morgan fingerprint density at radius 1 is 1.19 bits per heavy atom. The third-order valence-electron chi connectivity index (χ3n) is 3.32. The van der Waals surface area contributed by atoms with Gasteiger partial charge in [0.2, 0.25) is 0 Å². The zero-order chi connectivity index (χ0) is 11.9. The van der Waals surface area contributed by atoms with Gasteiger partial charge in [-0.05, 0) is 13.0 Å². The van der Waals surface area contributed by atoms with E-state index < -0.39 is 0 Å². The molecule has 0 fully saturated rings. The number of nitrogens with zero attached hydrogens (tertiary/aromatic N) is 4. The summed E-state index contributed by atoms with van der Waals surface area (Å²) in [7, 11) is 2.16. The van der Waals surface area contributed by atoms with Gasteiger partial charge in [0.05, 0.1) is 12.6 Å². The fourth-order valence-electron chi connectivity index (χ4n) is 2.42. The van der Waals surface area contributed by atoms with Gasteiger partial charge in [-0.15, -0.1) is 10.2 Å². The molecule has 1 aromatic rings. The minimum atomic E-state index is 0.450. The molecule has 0 spiro atoms. The average molecular weight is 222 g/mol. The highest BCUT2D eigenvalue weighted by atomic mass is 15.3. The molecule has 0 saturated carbocycles. The van der Waals surface area contributed by atoms with E-state index in [-0.39, 0.29) is 0 Å². The molecular weight excluding hydrogens is 200 g/mol. The molecule has 4 nitrogen and oxygen atoms in total. The molecule has 0 saturated heterocycles. The number of rotatable bonds is 2. The molecule has 0 aromatic carbocycles. The standard InChI is InChI=1S/C12H22N4/c1-8(2)10-6-15(5)7-11-13-14-12(9(3)4)16(10)11/h8-10H,6-7H2,1-5H3. The first-order valence-corrected chi connectivity index (χ1v) is 6.13. The van der Waals surface area contributed by atoms with E-state index in [1.54, 1.807) is 0 Å². The van der Waals surface area contributed by atoms with E-state index in [0.29, 0.717) is 17.9 Å². The maximum Gasteiger partial charge on any atom is 0.147 e. The van der Waals surface area contributed by atoms with Crippen LogP contribution in [0.3, 0.4) is 0 Å². The summed E-state index contributed by atoms with van der Waals surface area (Å²) >= 11 is 0. The molecule has 90 valence electrons. The van der Waals surface area contributed by atoms with Crippen LogP contribution in [0.2, 0.25) is 0 Å². The molecule has 0 aliphatic carbocycles. The van der Waals surface area contributed by atoms with Crippen LogP contribution in [0.1, 0.15) is 51.3 Å². The molecule has 1 aliphatic heterocycles. The molecule has 2 heterocycles. The third-order valence-corrected chi connectivity index (χ3v) is 3.32. The van der Waals surface area contributed by atoms with Crippen LogP contribution >= 0.6 is 0 Å². The van der Waals surface area contributed by atoms with E-state index in [1.807, 2.05) is 0 Å². The molecule has 1 aromatic heterocycles. The van der Waals surface area contributed by atoms with E-state index in [2.05, 4.69) is 54.4 Å². The van der Waals surface area contributed by atoms with E-state index in [9.17, 15) is 0 Å². The van der Waals surface area contributed by atoms with Gasteiger partial charge in [-0.2, -0.15) is 0 Å². The second-order valence-electron chi connectivity index (χ2n) is 5.51. The van der Waals surface area contributed by atoms with Crippen molar-refractivity contribution in [2.24, 2.45) is 5.92 Å². The van der Waals surface area contributed by atoms with Crippen molar-refractivity contribution in [2.75, 3.05) is 13.6 Å². The zero-order valence-corrected chi connectivity index (χ0v) is 10.9. The minimum absolute atomic E-state index is 0.450. The van der Waals surface area contributed by atoms with Crippen LogP contribution < -0.4 is 0 Å². The maximum atomic E-state index is 4.35. The normalized spacial score (nSPS) is 21.8. The lowest BCUT2D eigenvalue weighted by atomic mass is 10.0. The molecule has 2 rings (SSSR count). The number of hydrogen-bond acceptors (Lipinski definition) is 3. The van der Waals surface area contributed by atoms with Gasteiger partial charge in [-0.1, -0.05) is 27.7 Å². The molecule has 16 heavy (non-hydrogen) atoms. The second kappa shape index (κ2) is 4.17. The van der Waals surface area contributed by atoms with Crippen LogP contribution in [0.4, 0.5) is 0 Å². The predicted octanol–water partition coefficient (Wildman–Crippen LogP) is 2.04. The second-order valence-corrected chi connectivity index (χ2v) is 5.51. The average Bonchev–Trinajstić information content (AvgIpc) is 2.59. The Balaban J connectivity index is 2.44. The van der Waals surface area contributed by atoms with Crippen LogP contribution in [0, 0.1) is 5.92 Å². The predicted molar refractivity (Wildman–Crippen MR) is 64.3 cm³/mol. The number of hydrogen-bond donors (Lipinski definition) is 0. The van der Waals surface area contributed by atoms with Crippen molar-refractivity contribution in [3.63, 3.8) is 0 Å². The first-order chi connectivity index (χ1) is 7.50. The van der Waals surface area contributed by atoms with Gasteiger partial charge in [0.25, 0.3) is 0 Å². The van der Waals surface area contributed by atoms with Crippen molar-refractivity contribution in [1.29, 1.82) is 0 Å². The topological polar surface area (TPSA) is 34.0 Å². The molecule has 1 atom stereocenters. The summed E-state index contributed by atoms with van der Waals surface area (Å²) in [6, 6.07) is 0.515. The molecule has 0 radical (unpaired) electrons. The fraction of sp³-hybridized carbons (Fsp3) is 0.833. The maximum absolute atomic E-state index is 4.35. The van der Waals surface area contributed by atoms with Gasteiger partial charge >= 0.3 is 0 Å². The SMILES string of the molecule is CC(C)c1nnc2n1C(C(C)C)CN(C)C2. The van der Waals surface area contributed by atoms with Gasteiger partial charge in [0.1, 0.15) is 11.6 Å². The molecule has 4 heteroatoms. The van der Waals surface area contributed by atoms with Crippen LogP contribution in [-0.4, -0.2) is 33.3 Å².